The summed E-state index contributed by atoms with van der Waals surface area (Å²) in [7, 11) is 3.96. The molecule has 2 N–H and O–H groups in total. The molecular formula is C16H25N3O2. The maximum Gasteiger partial charge on any atom is 0.251 e. The minimum Gasteiger partial charge on any atom is -0.378 e. The molecule has 5 heteroatoms. The second-order valence-electron chi connectivity index (χ2n) is 5.52. The average molecular weight is 291 g/mol. The third-order valence-corrected chi connectivity index (χ3v) is 3.67. The normalized spacial score (nSPS) is 15.7. The Hall–Kier alpha value is -1.59. The van der Waals surface area contributed by atoms with Crippen LogP contribution in [0.2, 0.25) is 0 Å². The SMILES string of the molecule is CN(C)c1ccc(C(=O)NCCOC2CCNCC2)cc1. The van der Waals surface area contributed by atoms with Crippen LogP contribution in [-0.4, -0.2) is 52.3 Å². The first-order valence-corrected chi connectivity index (χ1v) is 7.55. The van der Waals surface area contributed by atoms with Gasteiger partial charge in [-0.05, 0) is 50.2 Å². The molecule has 1 amide bonds. The molecule has 0 spiro atoms. The van der Waals surface area contributed by atoms with Crippen molar-refractivity contribution in [3.63, 3.8) is 0 Å². The van der Waals surface area contributed by atoms with Gasteiger partial charge in [0, 0.05) is 31.9 Å². The molecule has 1 fully saturated rings. The Balaban J connectivity index is 1.69. The standard InChI is InChI=1S/C16H25N3O2/c1-19(2)14-5-3-13(4-6-14)16(20)18-11-12-21-15-7-9-17-10-8-15/h3-6,15,17H,7-12H2,1-2H3,(H,18,20). The summed E-state index contributed by atoms with van der Waals surface area (Å²) in [4.78, 5) is 14.0. The molecule has 1 aromatic rings. The molecule has 0 aliphatic carbocycles. The van der Waals surface area contributed by atoms with Gasteiger partial charge < -0.3 is 20.3 Å². The maximum absolute atomic E-state index is 12.0. The second kappa shape index (κ2) is 8.00. The van der Waals surface area contributed by atoms with Gasteiger partial charge in [-0.3, -0.25) is 4.79 Å². The molecule has 1 heterocycles. The zero-order valence-corrected chi connectivity index (χ0v) is 12.9. The molecule has 1 aromatic carbocycles. The molecule has 1 saturated heterocycles. The van der Waals surface area contributed by atoms with Crippen LogP contribution < -0.4 is 15.5 Å². The lowest BCUT2D eigenvalue weighted by Crippen LogP contribution is -2.34. The van der Waals surface area contributed by atoms with Crippen LogP contribution in [-0.2, 0) is 4.74 Å². The fraction of sp³-hybridized carbons (Fsp3) is 0.562. The summed E-state index contributed by atoms with van der Waals surface area (Å²) in [5.74, 6) is -0.0470. The van der Waals surface area contributed by atoms with E-state index in [9.17, 15) is 4.79 Å². The van der Waals surface area contributed by atoms with Crippen molar-refractivity contribution in [2.45, 2.75) is 18.9 Å². The summed E-state index contributed by atoms with van der Waals surface area (Å²) in [6, 6.07) is 7.58. The molecule has 2 rings (SSSR count). The first kappa shape index (κ1) is 15.8. The lowest BCUT2D eigenvalue weighted by molar-refractivity contribution is 0.0343. The Bertz CT molecular complexity index is 439. The number of hydrogen-bond acceptors (Lipinski definition) is 4. The molecule has 0 bridgehead atoms. The summed E-state index contributed by atoms with van der Waals surface area (Å²) in [6.45, 7) is 3.18. The van der Waals surface area contributed by atoms with Crippen LogP contribution in [0, 0.1) is 0 Å². The van der Waals surface area contributed by atoms with Gasteiger partial charge >= 0.3 is 0 Å². The second-order valence-corrected chi connectivity index (χ2v) is 5.52. The highest BCUT2D eigenvalue weighted by molar-refractivity contribution is 5.94. The molecule has 1 aliphatic rings. The average Bonchev–Trinajstić information content (AvgIpc) is 2.52. The number of nitrogens with zero attached hydrogens (tertiary/aromatic N) is 1. The third kappa shape index (κ3) is 5.02. The van der Waals surface area contributed by atoms with Gasteiger partial charge in [-0.15, -0.1) is 0 Å². The van der Waals surface area contributed by atoms with Gasteiger partial charge in [-0.1, -0.05) is 0 Å². The Morgan fingerprint density at radius 3 is 2.57 bits per heavy atom. The Labute approximate surface area is 126 Å². The van der Waals surface area contributed by atoms with Crippen LogP contribution in [0.1, 0.15) is 23.2 Å². The van der Waals surface area contributed by atoms with E-state index >= 15 is 0 Å². The van der Waals surface area contributed by atoms with E-state index in [4.69, 9.17) is 4.74 Å². The van der Waals surface area contributed by atoms with Crippen LogP contribution in [0.3, 0.4) is 0 Å². The number of piperidine rings is 1. The highest BCUT2D eigenvalue weighted by atomic mass is 16.5. The van der Waals surface area contributed by atoms with Crippen molar-refractivity contribution < 1.29 is 9.53 Å². The van der Waals surface area contributed by atoms with Crippen LogP contribution in [0.4, 0.5) is 5.69 Å². The highest BCUT2D eigenvalue weighted by Crippen LogP contribution is 2.12. The van der Waals surface area contributed by atoms with E-state index in [1.54, 1.807) is 0 Å². The fourth-order valence-electron chi connectivity index (χ4n) is 2.37. The number of rotatable bonds is 6. The summed E-state index contributed by atoms with van der Waals surface area (Å²) in [5.41, 5.74) is 1.77. The van der Waals surface area contributed by atoms with E-state index < -0.39 is 0 Å². The van der Waals surface area contributed by atoms with E-state index in [2.05, 4.69) is 10.6 Å². The van der Waals surface area contributed by atoms with Crippen molar-refractivity contribution in [2.75, 3.05) is 45.2 Å². The maximum atomic E-state index is 12.0. The van der Waals surface area contributed by atoms with Crippen molar-refractivity contribution in [1.82, 2.24) is 10.6 Å². The summed E-state index contributed by atoms with van der Waals surface area (Å²) >= 11 is 0. The van der Waals surface area contributed by atoms with Gasteiger partial charge in [0.2, 0.25) is 0 Å². The predicted octanol–water partition coefficient (Wildman–Crippen LogP) is 1.25. The van der Waals surface area contributed by atoms with Gasteiger partial charge in [0.05, 0.1) is 12.7 Å². The Kier molecular flexibility index (Phi) is 6.02. The largest absolute Gasteiger partial charge is 0.378 e. The molecule has 0 saturated carbocycles. The Morgan fingerprint density at radius 2 is 1.95 bits per heavy atom. The number of carbonyl (C=O) groups excluding carboxylic acids is 1. The number of hydrogen-bond donors (Lipinski definition) is 2. The predicted molar refractivity (Wildman–Crippen MR) is 84.9 cm³/mol. The van der Waals surface area contributed by atoms with Crippen molar-refractivity contribution in [1.29, 1.82) is 0 Å². The minimum atomic E-state index is -0.0470. The highest BCUT2D eigenvalue weighted by Gasteiger charge is 2.13. The van der Waals surface area contributed by atoms with E-state index in [0.29, 0.717) is 24.8 Å². The van der Waals surface area contributed by atoms with Crippen molar-refractivity contribution in [3.8, 4) is 0 Å². The number of benzene rings is 1. The van der Waals surface area contributed by atoms with Crippen LogP contribution in [0.5, 0.6) is 0 Å². The molecular weight excluding hydrogens is 266 g/mol. The van der Waals surface area contributed by atoms with Gasteiger partial charge in [0.25, 0.3) is 5.91 Å². The topological polar surface area (TPSA) is 53.6 Å². The van der Waals surface area contributed by atoms with Crippen LogP contribution in [0.15, 0.2) is 24.3 Å². The zero-order valence-electron chi connectivity index (χ0n) is 12.9. The molecule has 0 atom stereocenters. The van der Waals surface area contributed by atoms with Gasteiger partial charge in [-0.25, -0.2) is 0 Å². The molecule has 0 unspecified atom stereocenters. The number of ether oxygens (including phenoxy) is 1. The molecule has 1 aliphatic heterocycles. The molecule has 0 radical (unpaired) electrons. The summed E-state index contributed by atoms with van der Waals surface area (Å²) in [6.07, 6.45) is 2.45. The van der Waals surface area contributed by atoms with E-state index in [-0.39, 0.29) is 5.91 Å². The van der Waals surface area contributed by atoms with Gasteiger partial charge in [-0.2, -0.15) is 0 Å². The monoisotopic (exact) mass is 291 g/mol. The quantitative estimate of drug-likeness (QED) is 0.775. The molecule has 0 aromatic heterocycles. The van der Waals surface area contributed by atoms with E-state index in [1.165, 1.54) is 0 Å². The number of carbonyl (C=O) groups is 1. The first-order chi connectivity index (χ1) is 10.2. The number of amides is 1. The molecule has 116 valence electrons. The van der Waals surface area contributed by atoms with Gasteiger partial charge in [0.15, 0.2) is 0 Å². The van der Waals surface area contributed by atoms with Gasteiger partial charge in [0.1, 0.15) is 0 Å². The lowest BCUT2D eigenvalue weighted by atomic mass is 10.1. The minimum absolute atomic E-state index is 0.0470. The third-order valence-electron chi connectivity index (χ3n) is 3.67. The number of anilines is 1. The lowest BCUT2D eigenvalue weighted by Gasteiger charge is -2.22. The van der Waals surface area contributed by atoms with Crippen LogP contribution in [0.25, 0.3) is 0 Å². The van der Waals surface area contributed by atoms with E-state index in [1.807, 2.05) is 43.3 Å². The molecule has 5 nitrogen and oxygen atoms in total. The van der Waals surface area contributed by atoms with Crippen molar-refractivity contribution >= 4 is 11.6 Å². The zero-order chi connectivity index (χ0) is 15.1. The smallest absolute Gasteiger partial charge is 0.251 e. The molecule has 21 heavy (non-hydrogen) atoms. The first-order valence-electron chi connectivity index (χ1n) is 7.55. The summed E-state index contributed by atoms with van der Waals surface area (Å²) < 4.78 is 5.76. The fourth-order valence-corrected chi connectivity index (χ4v) is 2.37. The summed E-state index contributed by atoms with van der Waals surface area (Å²) in [5, 5.41) is 6.20. The Morgan fingerprint density at radius 1 is 1.29 bits per heavy atom. The van der Waals surface area contributed by atoms with Crippen molar-refractivity contribution in [3.05, 3.63) is 29.8 Å². The van der Waals surface area contributed by atoms with E-state index in [0.717, 1.165) is 31.6 Å². The number of nitrogens with one attached hydrogen (secondary N) is 2. The van der Waals surface area contributed by atoms with Crippen molar-refractivity contribution in [2.24, 2.45) is 0 Å². The van der Waals surface area contributed by atoms with Crippen LogP contribution >= 0.6 is 0 Å².